The fourth-order valence-electron chi connectivity index (χ4n) is 3.17. The minimum Gasteiger partial charge on any atom is -0.465 e. The van der Waals surface area contributed by atoms with Crippen molar-refractivity contribution in [2.75, 3.05) is 19.0 Å². The van der Waals surface area contributed by atoms with Crippen LogP contribution in [0.4, 0.5) is 5.69 Å². The molecule has 0 bridgehead atoms. The van der Waals surface area contributed by atoms with Crippen molar-refractivity contribution in [1.82, 2.24) is 4.90 Å². The van der Waals surface area contributed by atoms with Gasteiger partial charge in [-0.15, -0.1) is 0 Å². The van der Waals surface area contributed by atoms with Gasteiger partial charge in [-0.05, 0) is 36.2 Å². The molecule has 7 heteroatoms. The smallest absolute Gasteiger partial charge is 0.337 e. The van der Waals surface area contributed by atoms with Gasteiger partial charge in [0, 0.05) is 30.2 Å². The topological polar surface area (TPSA) is 75.7 Å². The third-order valence-electron chi connectivity index (χ3n) is 4.82. The number of nitrogens with one attached hydrogen (secondary N) is 1. The van der Waals surface area contributed by atoms with Crippen molar-refractivity contribution in [3.63, 3.8) is 0 Å². The molecule has 2 aromatic carbocycles. The van der Waals surface area contributed by atoms with E-state index in [0.29, 0.717) is 29.4 Å². The van der Waals surface area contributed by atoms with E-state index in [1.807, 2.05) is 25.1 Å². The minimum atomic E-state index is -0.475. The highest BCUT2D eigenvalue weighted by molar-refractivity contribution is 6.31. The number of rotatable bonds is 5. The lowest BCUT2D eigenvalue weighted by atomic mass is 10.1. The fraction of sp³-hybridized carbons (Fsp3) is 0.286. The number of nitrogens with zero attached hydrogens (tertiary/aromatic N) is 1. The lowest BCUT2D eigenvalue weighted by molar-refractivity contribution is -0.128. The molecular formula is C21H21ClN2O4. The van der Waals surface area contributed by atoms with Crippen LogP contribution in [0.3, 0.4) is 0 Å². The number of hydrogen-bond acceptors (Lipinski definition) is 4. The Balaban J connectivity index is 1.68. The Morgan fingerprint density at radius 1 is 1.25 bits per heavy atom. The zero-order chi connectivity index (χ0) is 20.3. The second-order valence-electron chi connectivity index (χ2n) is 6.78. The zero-order valence-corrected chi connectivity index (χ0v) is 16.5. The predicted molar refractivity (Wildman–Crippen MR) is 106 cm³/mol. The molecule has 0 aromatic heterocycles. The summed E-state index contributed by atoms with van der Waals surface area (Å²) in [4.78, 5) is 38.4. The van der Waals surface area contributed by atoms with E-state index in [0.717, 1.165) is 11.1 Å². The number of hydrogen-bond donors (Lipinski definition) is 1. The number of methoxy groups -OCH3 is 1. The van der Waals surface area contributed by atoms with Gasteiger partial charge in [0.05, 0.1) is 18.6 Å². The van der Waals surface area contributed by atoms with E-state index < -0.39 is 11.9 Å². The first-order valence-electron chi connectivity index (χ1n) is 8.90. The summed E-state index contributed by atoms with van der Waals surface area (Å²) < 4.78 is 4.72. The number of aryl methyl sites for hydroxylation is 1. The van der Waals surface area contributed by atoms with Crippen LogP contribution in [0.5, 0.6) is 0 Å². The van der Waals surface area contributed by atoms with Gasteiger partial charge >= 0.3 is 5.97 Å². The van der Waals surface area contributed by atoms with Crippen LogP contribution in [0.2, 0.25) is 5.02 Å². The summed E-state index contributed by atoms with van der Waals surface area (Å²) in [5.41, 5.74) is 2.55. The van der Waals surface area contributed by atoms with Gasteiger partial charge in [0.1, 0.15) is 0 Å². The Hall–Kier alpha value is -2.86. The van der Waals surface area contributed by atoms with Crippen LogP contribution in [0, 0.1) is 12.8 Å². The van der Waals surface area contributed by atoms with Crippen LogP contribution < -0.4 is 5.32 Å². The van der Waals surface area contributed by atoms with E-state index in [1.165, 1.54) is 7.11 Å². The standard InChI is InChI=1S/C21H21ClN2O4/c1-13-7-8-14(21(27)28-2)9-18(13)23-20(26)16-10-19(25)24(12-16)11-15-5-3-4-6-17(15)22/h3-9,16H,10-12H2,1-2H3,(H,23,26)/t16-/m1/s1. The van der Waals surface area contributed by atoms with Gasteiger partial charge in [-0.25, -0.2) is 4.79 Å². The number of carbonyl (C=O) groups is 3. The average molecular weight is 401 g/mol. The number of amides is 2. The third-order valence-corrected chi connectivity index (χ3v) is 5.19. The normalized spacial score (nSPS) is 16.2. The lowest BCUT2D eigenvalue weighted by Crippen LogP contribution is -2.28. The summed E-state index contributed by atoms with van der Waals surface area (Å²) in [6, 6.07) is 12.3. The van der Waals surface area contributed by atoms with E-state index in [9.17, 15) is 14.4 Å². The molecule has 0 aliphatic carbocycles. The molecule has 3 rings (SSSR count). The van der Waals surface area contributed by atoms with E-state index in [-0.39, 0.29) is 18.2 Å². The number of likely N-dealkylation sites (tertiary alicyclic amines) is 1. The largest absolute Gasteiger partial charge is 0.465 e. The van der Waals surface area contributed by atoms with Gasteiger partial charge in [-0.1, -0.05) is 35.9 Å². The average Bonchev–Trinajstić information content (AvgIpc) is 3.05. The van der Waals surface area contributed by atoms with Crippen LogP contribution in [-0.4, -0.2) is 36.3 Å². The van der Waals surface area contributed by atoms with Gasteiger partial charge in [0.15, 0.2) is 0 Å². The first kappa shape index (κ1) is 19.9. The molecule has 1 aliphatic heterocycles. The highest BCUT2D eigenvalue weighted by atomic mass is 35.5. The fourth-order valence-corrected chi connectivity index (χ4v) is 3.36. The first-order valence-corrected chi connectivity index (χ1v) is 9.28. The molecule has 146 valence electrons. The summed E-state index contributed by atoms with van der Waals surface area (Å²) in [6.07, 6.45) is 0.145. The highest BCUT2D eigenvalue weighted by Gasteiger charge is 2.34. The van der Waals surface area contributed by atoms with Crippen LogP contribution in [0.15, 0.2) is 42.5 Å². The van der Waals surface area contributed by atoms with Gasteiger partial charge in [0.25, 0.3) is 0 Å². The van der Waals surface area contributed by atoms with Crippen LogP contribution in [-0.2, 0) is 20.9 Å². The van der Waals surface area contributed by atoms with Crippen LogP contribution in [0.25, 0.3) is 0 Å². The molecule has 1 N–H and O–H groups in total. The quantitative estimate of drug-likeness (QED) is 0.780. The van der Waals surface area contributed by atoms with E-state index >= 15 is 0 Å². The van der Waals surface area contributed by atoms with Crippen molar-refractivity contribution in [2.45, 2.75) is 19.9 Å². The van der Waals surface area contributed by atoms with E-state index in [2.05, 4.69) is 5.32 Å². The Bertz CT molecular complexity index is 928. The molecule has 1 saturated heterocycles. The monoisotopic (exact) mass is 400 g/mol. The molecular weight excluding hydrogens is 380 g/mol. The number of esters is 1. The maximum Gasteiger partial charge on any atom is 0.337 e. The second-order valence-corrected chi connectivity index (χ2v) is 7.18. The molecule has 2 amide bonds. The molecule has 6 nitrogen and oxygen atoms in total. The van der Waals surface area contributed by atoms with E-state index in [4.69, 9.17) is 16.3 Å². The summed E-state index contributed by atoms with van der Waals surface area (Å²) in [7, 11) is 1.30. The molecule has 1 aliphatic rings. The lowest BCUT2D eigenvalue weighted by Gasteiger charge is -2.18. The van der Waals surface area contributed by atoms with Gasteiger partial charge in [0.2, 0.25) is 11.8 Å². The Morgan fingerprint density at radius 2 is 2.00 bits per heavy atom. The molecule has 1 atom stereocenters. The Labute approximate surface area is 168 Å². The molecule has 0 radical (unpaired) electrons. The second kappa shape index (κ2) is 8.44. The molecule has 0 unspecified atom stereocenters. The van der Waals surface area contributed by atoms with Gasteiger partial charge < -0.3 is 15.0 Å². The maximum absolute atomic E-state index is 12.7. The Morgan fingerprint density at radius 3 is 2.71 bits per heavy atom. The van der Waals surface area contributed by atoms with Gasteiger partial charge in [-0.3, -0.25) is 9.59 Å². The number of halogens is 1. The van der Waals surface area contributed by atoms with Crippen molar-refractivity contribution in [3.8, 4) is 0 Å². The van der Waals surface area contributed by atoms with Crippen molar-refractivity contribution >= 4 is 35.1 Å². The number of ether oxygens (including phenoxy) is 1. The minimum absolute atomic E-state index is 0.0832. The summed E-state index contributed by atoms with van der Waals surface area (Å²) in [5, 5.41) is 3.43. The summed E-state index contributed by atoms with van der Waals surface area (Å²) >= 11 is 6.17. The Kier molecular flexibility index (Phi) is 5.99. The van der Waals surface area contributed by atoms with Crippen LogP contribution >= 0.6 is 11.6 Å². The summed E-state index contributed by atoms with van der Waals surface area (Å²) in [5.74, 6) is -1.27. The first-order chi connectivity index (χ1) is 13.4. The number of anilines is 1. The van der Waals surface area contributed by atoms with Crippen molar-refractivity contribution < 1.29 is 19.1 Å². The molecule has 1 fully saturated rings. The summed E-state index contributed by atoms with van der Waals surface area (Å²) in [6.45, 7) is 2.53. The maximum atomic E-state index is 12.7. The number of benzene rings is 2. The van der Waals surface area contributed by atoms with Gasteiger partial charge in [-0.2, -0.15) is 0 Å². The molecule has 0 spiro atoms. The molecule has 1 heterocycles. The SMILES string of the molecule is COC(=O)c1ccc(C)c(NC(=O)[C@@H]2CC(=O)N(Cc3ccccc3Cl)C2)c1. The van der Waals surface area contributed by atoms with Crippen molar-refractivity contribution in [3.05, 3.63) is 64.2 Å². The molecule has 0 saturated carbocycles. The van der Waals surface area contributed by atoms with E-state index in [1.54, 1.807) is 29.2 Å². The predicted octanol–water partition coefficient (Wildman–Crippen LogP) is 3.42. The van der Waals surface area contributed by atoms with Crippen LogP contribution in [0.1, 0.15) is 27.9 Å². The molecule has 2 aromatic rings. The van der Waals surface area contributed by atoms with Crippen molar-refractivity contribution in [2.24, 2.45) is 5.92 Å². The highest BCUT2D eigenvalue weighted by Crippen LogP contribution is 2.25. The molecule has 28 heavy (non-hydrogen) atoms. The van der Waals surface area contributed by atoms with Crippen molar-refractivity contribution in [1.29, 1.82) is 0 Å². The zero-order valence-electron chi connectivity index (χ0n) is 15.7. The number of carbonyl (C=O) groups excluding carboxylic acids is 3. The third kappa shape index (κ3) is 4.34.